The van der Waals surface area contributed by atoms with Crippen molar-refractivity contribution in [3.8, 4) is 5.88 Å². The first-order valence-electron chi connectivity index (χ1n) is 6.76. The molecular formula is C14H21ClN2O. The molecule has 1 saturated carbocycles. The second-order valence-corrected chi connectivity index (χ2v) is 5.82. The van der Waals surface area contributed by atoms with Crippen LogP contribution in [0.2, 0.25) is 5.15 Å². The van der Waals surface area contributed by atoms with E-state index in [2.05, 4.69) is 23.8 Å². The van der Waals surface area contributed by atoms with Crippen LogP contribution in [-0.4, -0.2) is 16.1 Å². The predicted octanol–water partition coefficient (Wildman–Crippen LogP) is 3.90. The van der Waals surface area contributed by atoms with E-state index in [0.29, 0.717) is 11.0 Å². The SMILES string of the molecule is CCc1c(Cl)ncnc1OC1CC(C)CC(C)C1. The summed E-state index contributed by atoms with van der Waals surface area (Å²) in [7, 11) is 0. The molecule has 18 heavy (non-hydrogen) atoms. The van der Waals surface area contributed by atoms with E-state index in [9.17, 15) is 0 Å². The maximum atomic E-state index is 6.07. The number of hydrogen-bond acceptors (Lipinski definition) is 3. The largest absolute Gasteiger partial charge is 0.474 e. The summed E-state index contributed by atoms with van der Waals surface area (Å²) in [5, 5.41) is 0.513. The van der Waals surface area contributed by atoms with E-state index in [1.54, 1.807) is 0 Å². The van der Waals surface area contributed by atoms with Crippen LogP contribution in [0.25, 0.3) is 0 Å². The summed E-state index contributed by atoms with van der Waals surface area (Å²) in [6.45, 7) is 6.63. The highest BCUT2D eigenvalue weighted by atomic mass is 35.5. The zero-order valence-corrected chi connectivity index (χ0v) is 12.1. The Hall–Kier alpha value is -0.830. The molecule has 1 aromatic rings. The lowest BCUT2D eigenvalue weighted by atomic mass is 9.82. The summed E-state index contributed by atoms with van der Waals surface area (Å²) >= 11 is 6.07. The Morgan fingerprint density at radius 3 is 2.50 bits per heavy atom. The van der Waals surface area contributed by atoms with E-state index in [1.165, 1.54) is 12.7 Å². The second kappa shape index (κ2) is 5.87. The molecule has 0 aromatic carbocycles. The second-order valence-electron chi connectivity index (χ2n) is 5.46. The Morgan fingerprint density at radius 1 is 1.22 bits per heavy atom. The average Bonchev–Trinajstić information content (AvgIpc) is 2.27. The van der Waals surface area contributed by atoms with Crippen LogP contribution in [0, 0.1) is 11.8 Å². The Morgan fingerprint density at radius 2 is 1.89 bits per heavy atom. The van der Waals surface area contributed by atoms with Crippen LogP contribution in [0.3, 0.4) is 0 Å². The molecule has 1 heterocycles. The fraction of sp³-hybridized carbons (Fsp3) is 0.714. The van der Waals surface area contributed by atoms with Crippen LogP contribution in [0.1, 0.15) is 45.6 Å². The zero-order valence-electron chi connectivity index (χ0n) is 11.3. The van der Waals surface area contributed by atoms with Gasteiger partial charge in [0, 0.05) is 0 Å². The lowest BCUT2D eigenvalue weighted by Gasteiger charge is -2.31. The molecule has 0 amide bonds. The van der Waals surface area contributed by atoms with Crippen molar-refractivity contribution < 1.29 is 4.74 Å². The van der Waals surface area contributed by atoms with Crippen molar-refractivity contribution in [3.63, 3.8) is 0 Å². The van der Waals surface area contributed by atoms with Crippen molar-refractivity contribution in [2.75, 3.05) is 0 Å². The Kier molecular flexibility index (Phi) is 4.44. The summed E-state index contributed by atoms with van der Waals surface area (Å²) < 4.78 is 6.06. The van der Waals surface area contributed by atoms with Gasteiger partial charge in [0.15, 0.2) is 0 Å². The molecular weight excluding hydrogens is 248 g/mol. The molecule has 1 fully saturated rings. The van der Waals surface area contributed by atoms with Gasteiger partial charge in [0.2, 0.25) is 5.88 Å². The molecule has 100 valence electrons. The summed E-state index contributed by atoms with van der Waals surface area (Å²) in [6, 6.07) is 0. The van der Waals surface area contributed by atoms with E-state index >= 15 is 0 Å². The lowest BCUT2D eigenvalue weighted by Crippen LogP contribution is -2.29. The molecule has 1 aliphatic rings. The highest BCUT2D eigenvalue weighted by molar-refractivity contribution is 6.30. The molecule has 0 N–H and O–H groups in total. The molecule has 1 aromatic heterocycles. The molecule has 2 rings (SSSR count). The van der Waals surface area contributed by atoms with E-state index in [1.807, 2.05) is 6.92 Å². The van der Waals surface area contributed by atoms with Crippen LogP contribution < -0.4 is 4.74 Å². The predicted molar refractivity (Wildman–Crippen MR) is 73.0 cm³/mol. The summed E-state index contributed by atoms with van der Waals surface area (Å²) in [6.07, 6.45) is 6.05. The smallest absolute Gasteiger partial charge is 0.221 e. The molecule has 0 spiro atoms. The van der Waals surface area contributed by atoms with Gasteiger partial charge in [-0.1, -0.05) is 32.4 Å². The van der Waals surface area contributed by atoms with Gasteiger partial charge < -0.3 is 4.74 Å². The molecule has 1 aliphatic carbocycles. The first-order chi connectivity index (χ1) is 8.60. The van der Waals surface area contributed by atoms with Crippen molar-refractivity contribution in [3.05, 3.63) is 17.0 Å². The van der Waals surface area contributed by atoms with Crippen LogP contribution >= 0.6 is 11.6 Å². The van der Waals surface area contributed by atoms with Crippen LogP contribution in [0.5, 0.6) is 5.88 Å². The average molecular weight is 269 g/mol. The highest BCUT2D eigenvalue weighted by Gasteiger charge is 2.26. The molecule has 2 unspecified atom stereocenters. The maximum absolute atomic E-state index is 6.07. The van der Waals surface area contributed by atoms with Crippen LogP contribution in [0.15, 0.2) is 6.33 Å². The molecule has 0 aliphatic heterocycles. The van der Waals surface area contributed by atoms with Crippen molar-refractivity contribution in [1.29, 1.82) is 0 Å². The minimum Gasteiger partial charge on any atom is -0.474 e. The number of hydrogen-bond donors (Lipinski definition) is 0. The number of halogens is 1. The standard InChI is InChI=1S/C14H21ClN2O/c1-4-12-13(15)16-8-17-14(12)18-11-6-9(2)5-10(3)7-11/h8-11H,4-7H2,1-3H3. The van der Waals surface area contributed by atoms with Crippen LogP contribution in [0.4, 0.5) is 0 Å². The number of ether oxygens (including phenoxy) is 1. The fourth-order valence-corrected chi connectivity index (χ4v) is 3.16. The van der Waals surface area contributed by atoms with Gasteiger partial charge in [-0.2, -0.15) is 0 Å². The lowest BCUT2D eigenvalue weighted by molar-refractivity contribution is 0.0956. The Bertz CT molecular complexity index is 401. The van der Waals surface area contributed by atoms with E-state index in [0.717, 1.165) is 36.7 Å². The normalized spacial score (nSPS) is 28.1. The third-order valence-corrected chi connectivity index (χ3v) is 3.95. The van der Waals surface area contributed by atoms with E-state index in [-0.39, 0.29) is 6.10 Å². The summed E-state index contributed by atoms with van der Waals surface area (Å²) in [4.78, 5) is 8.24. The minimum absolute atomic E-state index is 0.264. The Labute approximate surface area is 114 Å². The molecule has 3 nitrogen and oxygen atoms in total. The van der Waals surface area contributed by atoms with Gasteiger partial charge in [0.05, 0.1) is 5.56 Å². The van der Waals surface area contributed by atoms with Gasteiger partial charge >= 0.3 is 0 Å². The van der Waals surface area contributed by atoms with Gasteiger partial charge in [0.1, 0.15) is 17.6 Å². The minimum atomic E-state index is 0.264. The van der Waals surface area contributed by atoms with E-state index in [4.69, 9.17) is 16.3 Å². The highest BCUT2D eigenvalue weighted by Crippen LogP contribution is 2.32. The van der Waals surface area contributed by atoms with Gasteiger partial charge in [-0.05, 0) is 37.5 Å². The van der Waals surface area contributed by atoms with Crippen molar-refractivity contribution >= 4 is 11.6 Å². The summed E-state index contributed by atoms with van der Waals surface area (Å²) in [5.74, 6) is 2.12. The topological polar surface area (TPSA) is 35.0 Å². The number of nitrogens with zero attached hydrogens (tertiary/aromatic N) is 2. The molecule has 0 bridgehead atoms. The van der Waals surface area contributed by atoms with Gasteiger partial charge in [0.25, 0.3) is 0 Å². The van der Waals surface area contributed by atoms with Gasteiger partial charge in [-0.25, -0.2) is 9.97 Å². The fourth-order valence-electron chi connectivity index (χ4n) is 2.90. The third kappa shape index (κ3) is 3.14. The molecule has 0 radical (unpaired) electrons. The number of aromatic nitrogens is 2. The van der Waals surface area contributed by atoms with Crippen LogP contribution in [-0.2, 0) is 6.42 Å². The number of rotatable bonds is 3. The molecule has 0 saturated heterocycles. The first-order valence-corrected chi connectivity index (χ1v) is 7.14. The van der Waals surface area contributed by atoms with Crippen molar-refractivity contribution in [1.82, 2.24) is 9.97 Å². The molecule has 2 atom stereocenters. The Balaban J connectivity index is 2.11. The van der Waals surface area contributed by atoms with Gasteiger partial charge in [-0.15, -0.1) is 0 Å². The zero-order chi connectivity index (χ0) is 13.1. The van der Waals surface area contributed by atoms with Crippen molar-refractivity contribution in [2.45, 2.75) is 52.6 Å². The molecule has 4 heteroatoms. The summed E-state index contributed by atoms with van der Waals surface area (Å²) in [5.41, 5.74) is 0.921. The van der Waals surface area contributed by atoms with E-state index < -0.39 is 0 Å². The third-order valence-electron chi connectivity index (χ3n) is 3.62. The van der Waals surface area contributed by atoms with Gasteiger partial charge in [-0.3, -0.25) is 0 Å². The van der Waals surface area contributed by atoms with Crippen molar-refractivity contribution in [2.24, 2.45) is 11.8 Å². The quantitative estimate of drug-likeness (QED) is 0.780. The first kappa shape index (κ1) is 13.6. The maximum Gasteiger partial charge on any atom is 0.221 e. The monoisotopic (exact) mass is 268 g/mol.